The van der Waals surface area contributed by atoms with Crippen LogP contribution in [0.2, 0.25) is 0 Å². The van der Waals surface area contributed by atoms with E-state index in [0.29, 0.717) is 16.9 Å². The summed E-state index contributed by atoms with van der Waals surface area (Å²) in [7, 11) is 0. The van der Waals surface area contributed by atoms with Gasteiger partial charge in [-0.1, -0.05) is 46.5 Å². The highest BCUT2D eigenvalue weighted by Crippen LogP contribution is 2.57. The Labute approximate surface area is 126 Å². The van der Waals surface area contributed by atoms with Crippen molar-refractivity contribution in [3.63, 3.8) is 0 Å². The summed E-state index contributed by atoms with van der Waals surface area (Å²) in [6.45, 7) is 11.3. The van der Waals surface area contributed by atoms with E-state index in [1.165, 1.54) is 57.9 Å². The van der Waals surface area contributed by atoms with Crippen molar-refractivity contribution in [1.82, 2.24) is 5.32 Å². The molecule has 0 aliphatic heterocycles. The third kappa shape index (κ3) is 3.39. The van der Waals surface area contributed by atoms with Crippen molar-refractivity contribution in [2.45, 2.75) is 91.2 Å². The minimum atomic E-state index is 0.441. The normalized spacial score (nSPS) is 28.2. The largest absolute Gasteiger partial charge is 0.378 e. The van der Waals surface area contributed by atoms with Crippen LogP contribution in [0.4, 0.5) is 0 Å². The fourth-order valence-electron chi connectivity index (χ4n) is 4.07. The summed E-state index contributed by atoms with van der Waals surface area (Å²) in [6, 6.07) is 0.721. The zero-order valence-corrected chi connectivity index (χ0v) is 14.1. The smallest absolute Gasteiger partial charge is 0.0661 e. The van der Waals surface area contributed by atoms with E-state index in [-0.39, 0.29) is 0 Å². The molecule has 0 radical (unpaired) electrons. The molecule has 2 unspecified atom stereocenters. The lowest BCUT2D eigenvalue weighted by molar-refractivity contribution is -0.173. The van der Waals surface area contributed by atoms with Crippen LogP contribution in [0.1, 0.15) is 79.1 Å². The Bertz CT molecular complexity index is 296. The molecule has 0 aromatic heterocycles. The molecule has 0 saturated heterocycles. The van der Waals surface area contributed by atoms with Gasteiger partial charge in [-0.2, -0.15) is 0 Å². The Balaban J connectivity index is 1.74. The summed E-state index contributed by atoms with van der Waals surface area (Å²) in [5.41, 5.74) is 0.951. The van der Waals surface area contributed by atoms with Crippen LogP contribution in [0, 0.1) is 10.8 Å². The van der Waals surface area contributed by atoms with E-state index in [9.17, 15) is 0 Å². The van der Waals surface area contributed by atoms with Crippen molar-refractivity contribution in [3.05, 3.63) is 0 Å². The van der Waals surface area contributed by atoms with Crippen molar-refractivity contribution in [2.75, 3.05) is 13.2 Å². The summed E-state index contributed by atoms with van der Waals surface area (Å²) >= 11 is 0. The van der Waals surface area contributed by atoms with Crippen molar-refractivity contribution in [1.29, 1.82) is 0 Å². The van der Waals surface area contributed by atoms with Crippen LogP contribution in [0.25, 0.3) is 0 Å². The predicted octanol–water partition coefficient (Wildman–Crippen LogP) is 4.53. The van der Waals surface area contributed by atoms with E-state index >= 15 is 0 Å². The van der Waals surface area contributed by atoms with Gasteiger partial charge in [0, 0.05) is 24.6 Å². The fourth-order valence-corrected chi connectivity index (χ4v) is 4.07. The van der Waals surface area contributed by atoms with Gasteiger partial charge in [-0.25, -0.2) is 0 Å². The lowest BCUT2D eigenvalue weighted by Crippen LogP contribution is -2.67. The molecule has 2 aliphatic rings. The van der Waals surface area contributed by atoms with E-state index in [0.717, 1.165) is 12.6 Å². The lowest BCUT2D eigenvalue weighted by Gasteiger charge is -2.61. The Hall–Kier alpha value is -0.0800. The number of hydrogen-bond donors (Lipinski definition) is 1. The molecule has 2 nitrogen and oxygen atoms in total. The average molecular weight is 281 g/mol. The molecule has 0 amide bonds. The van der Waals surface area contributed by atoms with Crippen LogP contribution < -0.4 is 5.32 Å². The van der Waals surface area contributed by atoms with Crippen molar-refractivity contribution in [3.8, 4) is 0 Å². The Morgan fingerprint density at radius 1 is 1.20 bits per heavy atom. The molecule has 118 valence electrons. The second kappa shape index (κ2) is 6.79. The van der Waals surface area contributed by atoms with E-state index in [2.05, 4.69) is 33.0 Å². The van der Waals surface area contributed by atoms with Crippen molar-refractivity contribution in [2.24, 2.45) is 10.8 Å². The molecule has 2 aliphatic carbocycles. The number of nitrogens with one attached hydrogen (secondary N) is 1. The highest BCUT2D eigenvalue weighted by atomic mass is 16.5. The molecule has 0 bridgehead atoms. The molecular weight excluding hydrogens is 246 g/mol. The molecule has 2 fully saturated rings. The number of ether oxygens (including phenoxy) is 1. The van der Waals surface area contributed by atoms with Crippen molar-refractivity contribution >= 4 is 0 Å². The molecule has 0 heterocycles. The molecule has 1 spiro atoms. The molecule has 2 atom stereocenters. The van der Waals surface area contributed by atoms with E-state index in [4.69, 9.17) is 4.74 Å². The van der Waals surface area contributed by atoms with Crippen LogP contribution in [0.3, 0.4) is 0 Å². The number of rotatable bonds is 9. The summed E-state index contributed by atoms with van der Waals surface area (Å²) in [5, 5.41) is 3.89. The third-order valence-electron chi connectivity index (χ3n) is 5.72. The maximum atomic E-state index is 5.94. The van der Waals surface area contributed by atoms with E-state index < -0.39 is 0 Å². The molecule has 0 aromatic rings. The second-order valence-corrected chi connectivity index (χ2v) is 7.82. The number of hydrogen-bond acceptors (Lipinski definition) is 2. The highest BCUT2D eigenvalue weighted by molar-refractivity contribution is 5.12. The zero-order chi connectivity index (χ0) is 14.6. The summed E-state index contributed by atoms with van der Waals surface area (Å²) < 4.78 is 5.94. The second-order valence-electron chi connectivity index (χ2n) is 7.82. The summed E-state index contributed by atoms with van der Waals surface area (Å²) in [6.07, 6.45) is 11.4. The lowest BCUT2D eigenvalue weighted by atomic mass is 9.51. The molecular formula is C18H35NO. The molecule has 2 rings (SSSR count). The monoisotopic (exact) mass is 281 g/mol. The van der Waals surface area contributed by atoms with Gasteiger partial charge < -0.3 is 10.1 Å². The zero-order valence-electron chi connectivity index (χ0n) is 14.1. The van der Waals surface area contributed by atoms with E-state index in [1.807, 2.05) is 0 Å². The number of unbranched alkanes of at least 4 members (excludes halogenated alkanes) is 2. The first kappa shape index (κ1) is 16.3. The molecule has 0 aromatic carbocycles. The van der Waals surface area contributed by atoms with Gasteiger partial charge in [0.15, 0.2) is 0 Å². The van der Waals surface area contributed by atoms with Gasteiger partial charge in [0.25, 0.3) is 0 Å². The molecule has 2 heteroatoms. The minimum absolute atomic E-state index is 0.441. The van der Waals surface area contributed by atoms with Gasteiger partial charge in [-0.05, 0) is 38.0 Å². The topological polar surface area (TPSA) is 21.3 Å². The Kier molecular flexibility index (Phi) is 5.53. The Morgan fingerprint density at radius 2 is 1.95 bits per heavy atom. The van der Waals surface area contributed by atoms with Crippen molar-refractivity contribution < 1.29 is 4.74 Å². The van der Waals surface area contributed by atoms with Gasteiger partial charge in [-0.15, -0.1) is 0 Å². The van der Waals surface area contributed by atoms with Crippen LogP contribution in [0.15, 0.2) is 0 Å². The molecule has 20 heavy (non-hydrogen) atoms. The van der Waals surface area contributed by atoms with Crippen LogP contribution in [-0.4, -0.2) is 25.3 Å². The van der Waals surface area contributed by atoms with E-state index in [1.54, 1.807) is 0 Å². The first-order valence-electron chi connectivity index (χ1n) is 8.89. The SMILES string of the molecule is CCCCCC(C)(C)CNC1CC(OCC)C12CCC2. The fraction of sp³-hybridized carbons (Fsp3) is 1.00. The first-order valence-corrected chi connectivity index (χ1v) is 8.89. The van der Waals surface area contributed by atoms with Gasteiger partial charge >= 0.3 is 0 Å². The van der Waals surface area contributed by atoms with Crippen LogP contribution in [-0.2, 0) is 4.74 Å². The maximum absolute atomic E-state index is 5.94. The average Bonchev–Trinajstić information content (AvgIpc) is 2.31. The summed E-state index contributed by atoms with van der Waals surface area (Å²) in [4.78, 5) is 0. The standard InChI is InChI=1S/C18H35NO/c1-5-7-8-10-17(3,4)14-19-15-13-16(20-6-2)18(15)11-9-12-18/h15-16,19H,5-14H2,1-4H3. The molecule has 2 saturated carbocycles. The quantitative estimate of drug-likeness (QED) is 0.627. The van der Waals surface area contributed by atoms with Crippen LogP contribution in [0.5, 0.6) is 0 Å². The van der Waals surface area contributed by atoms with Gasteiger partial charge in [-0.3, -0.25) is 0 Å². The third-order valence-corrected chi connectivity index (χ3v) is 5.72. The highest BCUT2D eigenvalue weighted by Gasteiger charge is 2.58. The first-order chi connectivity index (χ1) is 9.54. The van der Waals surface area contributed by atoms with Gasteiger partial charge in [0.1, 0.15) is 0 Å². The Morgan fingerprint density at radius 3 is 2.50 bits per heavy atom. The minimum Gasteiger partial charge on any atom is -0.378 e. The summed E-state index contributed by atoms with van der Waals surface area (Å²) in [5.74, 6) is 0. The van der Waals surface area contributed by atoms with Gasteiger partial charge in [0.2, 0.25) is 0 Å². The maximum Gasteiger partial charge on any atom is 0.0661 e. The van der Waals surface area contributed by atoms with Gasteiger partial charge in [0.05, 0.1) is 6.10 Å². The van der Waals surface area contributed by atoms with Crippen LogP contribution >= 0.6 is 0 Å². The molecule has 1 N–H and O–H groups in total. The predicted molar refractivity (Wildman–Crippen MR) is 86.0 cm³/mol.